The van der Waals surface area contributed by atoms with Crippen LogP contribution in [0.5, 0.6) is 0 Å². The fourth-order valence-electron chi connectivity index (χ4n) is 2.87. The first-order valence-corrected chi connectivity index (χ1v) is 9.40. The number of thioether (sulfide) groups is 1. The van der Waals surface area contributed by atoms with Gasteiger partial charge < -0.3 is 5.32 Å². The van der Waals surface area contributed by atoms with E-state index in [-0.39, 0.29) is 11.2 Å². The van der Waals surface area contributed by atoms with Crippen molar-refractivity contribution in [3.05, 3.63) is 34.5 Å². The molecule has 0 aliphatic heterocycles. The summed E-state index contributed by atoms with van der Waals surface area (Å²) in [7, 11) is 0. The molecule has 1 atom stereocenters. The number of allylic oxidation sites excluding steroid dienone is 1. The Bertz CT molecular complexity index is 676. The van der Waals surface area contributed by atoms with E-state index in [1.807, 2.05) is 26.8 Å². The van der Waals surface area contributed by atoms with Gasteiger partial charge in [0, 0.05) is 12.2 Å². The summed E-state index contributed by atoms with van der Waals surface area (Å²) >= 11 is 1.36. The van der Waals surface area contributed by atoms with Gasteiger partial charge in [-0.2, -0.15) is 5.26 Å². The molecule has 1 aliphatic rings. The van der Waals surface area contributed by atoms with Crippen molar-refractivity contribution in [1.82, 2.24) is 10.3 Å². The van der Waals surface area contributed by atoms with Crippen LogP contribution < -0.4 is 5.32 Å². The average Bonchev–Trinajstić information content (AvgIpc) is 2.55. The Balaban J connectivity index is 1.90. The lowest BCUT2D eigenvalue weighted by atomic mass is 9.97. The number of aryl methyl sites for hydroxylation is 2. The number of carbonyl (C=O) groups excluding carboxylic acids is 1. The molecule has 1 unspecified atom stereocenters. The number of nitrogens with one attached hydrogen (secondary N) is 1. The second-order valence-corrected chi connectivity index (χ2v) is 7.61. The van der Waals surface area contributed by atoms with Gasteiger partial charge in [0.2, 0.25) is 5.91 Å². The van der Waals surface area contributed by atoms with E-state index < -0.39 is 0 Å². The molecule has 1 aromatic heterocycles. The van der Waals surface area contributed by atoms with Crippen LogP contribution in [0.4, 0.5) is 0 Å². The highest BCUT2D eigenvalue weighted by molar-refractivity contribution is 8.00. The number of pyridine rings is 1. The van der Waals surface area contributed by atoms with Gasteiger partial charge in [-0.15, -0.1) is 0 Å². The molecule has 1 N–H and O–H groups in total. The minimum Gasteiger partial charge on any atom is -0.355 e. The zero-order valence-electron chi connectivity index (χ0n) is 14.7. The Hall–Kier alpha value is -1.80. The minimum absolute atomic E-state index is 0.00117. The van der Waals surface area contributed by atoms with Gasteiger partial charge in [0.15, 0.2) is 0 Å². The van der Waals surface area contributed by atoms with E-state index in [9.17, 15) is 10.1 Å². The summed E-state index contributed by atoms with van der Waals surface area (Å²) in [4.78, 5) is 16.7. The number of carbonyl (C=O) groups is 1. The number of rotatable bonds is 6. The molecule has 4 nitrogen and oxygen atoms in total. The van der Waals surface area contributed by atoms with Crippen molar-refractivity contribution in [1.29, 1.82) is 5.26 Å². The zero-order chi connectivity index (χ0) is 17.5. The maximum atomic E-state index is 12.3. The first-order valence-electron chi connectivity index (χ1n) is 8.52. The van der Waals surface area contributed by atoms with E-state index in [4.69, 9.17) is 0 Å². The van der Waals surface area contributed by atoms with Crippen molar-refractivity contribution in [2.45, 2.75) is 63.2 Å². The molecule has 0 fully saturated rings. The third-order valence-corrected chi connectivity index (χ3v) is 5.30. The van der Waals surface area contributed by atoms with Crippen LogP contribution in [0, 0.1) is 25.2 Å². The molecule has 0 bridgehead atoms. The third-order valence-electron chi connectivity index (χ3n) is 4.21. The average molecular weight is 343 g/mol. The monoisotopic (exact) mass is 343 g/mol. The molecule has 1 heterocycles. The normalized spacial score (nSPS) is 15.3. The predicted octanol–water partition coefficient (Wildman–Crippen LogP) is 4.06. The first-order chi connectivity index (χ1) is 11.5. The molecular weight excluding hydrogens is 318 g/mol. The standard InChI is InChI=1S/C19H25N3OS/c1-13-11-14(2)22-19(17(13)12-20)24-15(3)18(23)21-10-9-16-7-5-4-6-8-16/h7,11,15H,4-6,8-10H2,1-3H3,(H,21,23). The largest absolute Gasteiger partial charge is 0.355 e. The lowest BCUT2D eigenvalue weighted by molar-refractivity contribution is -0.120. The molecule has 0 radical (unpaired) electrons. The fourth-order valence-corrected chi connectivity index (χ4v) is 3.91. The first kappa shape index (κ1) is 18.5. The van der Waals surface area contributed by atoms with Crippen LogP contribution in [0.15, 0.2) is 22.7 Å². The topological polar surface area (TPSA) is 65.8 Å². The van der Waals surface area contributed by atoms with E-state index in [0.717, 1.165) is 24.1 Å². The second-order valence-electron chi connectivity index (χ2n) is 6.28. The SMILES string of the molecule is Cc1cc(C)c(C#N)c(SC(C)C(=O)NCCC2=CCCCC2)n1. The van der Waals surface area contributed by atoms with E-state index in [1.54, 1.807) is 0 Å². The Labute approximate surface area is 148 Å². The number of nitrogens with zero attached hydrogens (tertiary/aromatic N) is 2. The lowest BCUT2D eigenvalue weighted by Crippen LogP contribution is -2.32. The number of aromatic nitrogens is 1. The van der Waals surface area contributed by atoms with Crippen LogP contribution in [0.2, 0.25) is 0 Å². The van der Waals surface area contributed by atoms with Gasteiger partial charge in [-0.25, -0.2) is 4.98 Å². The number of hydrogen-bond acceptors (Lipinski definition) is 4. The van der Waals surface area contributed by atoms with Gasteiger partial charge in [0.05, 0.1) is 10.8 Å². The molecular formula is C19H25N3OS. The third kappa shape index (κ3) is 5.10. The summed E-state index contributed by atoms with van der Waals surface area (Å²) in [6.07, 6.45) is 8.14. The summed E-state index contributed by atoms with van der Waals surface area (Å²) in [6, 6.07) is 4.09. The van der Waals surface area contributed by atoms with Gasteiger partial charge in [-0.1, -0.05) is 23.4 Å². The molecule has 0 spiro atoms. The van der Waals surface area contributed by atoms with Crippen molar-refractivity contribution in [2.75, 3.05) is 6.54 Å². The lowest BCUT2D eigenvalue weighted by Gasteiger charge is -2.15. The molecule has 1 aliphatic carbocycles. The van der Waals surface area contributed by atoms with Crippen LogP contribution in [0.3, 0.4) is 0 Å². The Kier molecular flexibility index (Phi) is 6.86. The fraction of sp³-hybridized carbons (Fsp3) is 0.526. The summed E-state index contributed by atoms with van der Waals surface area (Å²) in [5, 5.41) is 12.7. The Morgan fingerprint density at radius 1 is 1.46 bits per heavy atom. The second kappa shape index (κ2) is 8.89. The smallest absolute Gasteiger partial charge is 0.233 e. The maximum absolute atomic E-state index is 12.3. The number of hydrogen-bond donors (Lipinski definition) is 1. The van der Waals surface area contributed by atoms with E-state index in [2.05, 4.69) is 22.4 Å². The van der Waals surface area contributed by atoms with Crippen molar-refractivity contribution >= 4 is 17.7 Å². The molecule has 2 rings (SSSR count). The number of nitriles is 1. The van der Waals surface area contributed by atoms with Gasteiger partial charge in [-0.05, 0) is 64.5 Å². The Morgan fingerprint density at radius 2 is 2.25 bits per heavy atom. The summed E-state index contributed by atoms with van der Waals surface area (Å²) in [5.41, 5.74) is 3.80. The molecule has 128 valence electrons. The van der Waals surface area contributed by atoms with Gasteiger partial charge in [-0.3, -0.25) is 4.79 Å². The minimum atomic E-state index is -0.272. The highest BCUT2D eigenvalue weighted by Crippen LogP contribution is 2.27. The van der Waals surface area contributed by atoms with Crippen LogP contribution in [0.25, 0.3) is 0 Å². The zero-order valence-corrected chi connectivity index (χ0v) is 15.5. The van der Waals surface area contributed by atoms with Gasteiger partial charge in [0.1, 0.15) is 11.1 Å². The molecule has 24 heavy (non-hydrogen) atoms. The molecule has 0 saturated carbocycles. The Morgan fingerprint density at radius 3 is 2.92 bits per heavy atom. The van der Waals surface area contributed by atoms with Crippen LogP contribution >= 0.6 is 11.8 Å². The van der Waals surface area contributed by atoms with Crippen molar-refractivity contribution in [2.24, 2.45) is 0 Å². The van der Waals surface area contributed by atoms with Gasteiger partial charge >= 0.3 is 0 Å². The van der Waals surface area contributed by atoms with Crippen LogP contribution in [-0.2, 0) is 4.79 Å². The van der Waals surface area contributed by atoms with E-state index >= 15 is 0 Å². The quantitative estimate of drug-likeness (QED) is 0.625. The summed E-state index contributed by atoms with van der Waals surface area (Å²) < 4.78 is 0. The van der Waals surface area contributed by atoms with E-state index in [0.29, 0.717) is 17.1 Å². The number of amides is 1. The highest BCUT2D eigenvalue weighted by Gasteiger charge is 2.18. The molecule has 1 amide bonds. The van der Waals surface area contributed by atoms with Crippen molar-refractivity contribution < 1.29 is 4.79 Å². The van der Waals surface area contributed by atoms with Crippen molar-refractivity contribution in [3.8, 4) is 6.07 Å². The van der Waals surface area contributed by atoms with Crippen LogP contribution in [0.1, 0.15) is 55.8 Å². The molecule has 1 aromatic rings. The summed E-state index contributed by atoms with van der Waals surface area (Å²) in [6.45, 7) is 6.35. The van der Waals surface area contributed by atoms with E-state index in [1.165, 1.54) is 36.6 Å². The van der Waals surface area contributed by atoms with Crippen LogP contribution in [-0.4, -0.2) is 22.7 Å². The summed E-state index contributed by atoms with van der Waals surface area (Å²) in [5.74, 6) is 0.00117. The molecule has 0 aromatic carbocycles. The molecule has 0 saturated heterocycles. The van der Waals surface area contributed by atoms with Gasteiger partial charge in [0.25, 0.3) is 0 Å². The predicted molar refractivity (Wildman–Crippen MR) is 97.9 cm³/mol. The molecule has 5 heteroatoms. The highest BCUT2D eigenvalue weighted by atomic mass is 32.2. The van der Waals surface area contributed by atoms with Crippen molar-refractivity contribution in [3.63, 3.8) is 0 Å². The maximum Gasteiger partial charge on any atom is 0.233 e.